The van der Waals surface area contributed by atoms with Crippen molar-refractivity contribution in [1.29, 1.82) is 0 Å². The number of carbonyl (C=O) groups is 2. The fraction of sp³-hybridized carbons (Fsp3) is 0.391. The molecule has 2 heterocycles. The minimum absolute atomic E-state index is 0.0842. The lowest BCUT2D eigenvalue weighted by atomic mass is 10.1. The van der Waals surface area contributed by atoms with Crippen LogP contribution in [0.4, 0.5) is 11.4 Å². The van der Waals surface area contributed by atoms with Crippen LogP contribution in [0.2, 0.25) is 0 Å². The van der Waals surface area contributed by atoms with Crippen molar-refractivity contribution in [3.05, 3.63) is 54.1 Å². The van der Waals surface area contributed by atoms with E-state index in [1.54, 1.807) is 13.0 Å². The van der Waals surface area contributed by atoms with Crippen LogP contribution in [0.5, 0.6) is 5.75 Å². The van der Waals surface area contributed by atoms with Crippen LogP contribution in [0.15, 0.2) is 48.5 Å². The Morgan fingerprint density at radius 2 is 1.90 bits per heavy atom. The normalized spacial score (nSPS) is 20.0. The van der Waals surface area contributed by atoms with E-state index in [0.29, 0.717) is 11.4 Å². The third-order valence-corrected chi connectivity index (χ3v) is 5.60. The van der Waals surface area contributed by atoms with Crippen LogP contribution >= 0.6 is 0 Å². The maximum absolute atomic E-state index is 12.9. The third-order valence-electron chi connectivity index (χ3n) is 5.60. The van der Waals surface area contributed by atoms with Crippen molar-refractivity contribution >= 4 is 23.2 Å². The van der Waals surface area contributed by atoms with Crippen molar-refractivity contribution in [2.45, 2.75) is 32.5 Å². The molecule has 2 N–H and O–H groups in total. The van der Waals surface area contributed by atoms with E-state index in [2.05, 4.69) is 39.8 Å². The number of piperazine rings is 1. The molecule has 0 saturated carbocycles. The smallest absolute Gasteiger partial charge is 0.265 e. The molecule has 0 bridgehead atoms. The average molecular weight is 409 g/mol. The Hall–Kier alpha value is -3.06. The lowest BCUT2D eigenvalue weighted by Gasteiger charge is -2.36. The van der Waals surface area contributed by atoms with Crippen molar-refractivity contribution in [3.8, 4) is 5.75 Å². The van der Waals surface area contributed by atoms with Crippen LogP contribution in [0.1, 0.15) is 19.4 Å². The summed E-state index contributed by atoms with van der Waals surface area (Å²) in [6, 6.07) is 15.5. The van der Waals surface area contributed by atoms with Crippen molar-refractivity contribution in [2.75, 3.05) is 36.8 Å². The summed E-state index contributed by atoms with van der Waals surface area (Å²) in [5, 5.41) is 6.09. The van der Waals surface area contributed by atoms with Gasteiger partial charge in [-0.15, -0.1) is 0 Å². The molecule has 0 unspecified atom stereocenters. The first kappa shape index (κ1) is 20.2. The molecule has 0 radical (unpaired) electrons. The molecule has 2 aliphatic heterocycles. The maximum atomic E-state index is 12.9. The zero-order chi connectivity index (χ0) is 21.1. The van der Waals surface area contributed by atoms with Gasteiger partial charge in [-0.25, -0.2) is 0 Å². The van der Waals surface area contributed by atoms with Crippen LogP contribution in [0.3, 0.4) is 0 Å². The molecule has 4 rings (SSSR count). The van der Waals surface area contributed by atoms with Gasteiger partial charge in [0.1, 0.15) is 11.8 Å². The molecule has 2 aromatic carbocycles. The minimum atomic E-state index is -0.502. The summed E-state index contributed by atoms with van der Waals surface area (Å²) in [7, 11) is 0. The Bertz CT molecular complexity index is 910. The van der Waals surface area contributed by atoms with E-state index in [1.807, 2.05) is 30.0 Å². The largest absolute Gasteiger partial charge is 0.479 e. The zero-order valence-electron chi connectivity index (χ0n) is 17.4. The topological polar surface area (TPSA) is 73.9 Å². The predicted molar refractivity (Wildman–Crippen MR) is 117 cm³/mol. The van der Waals surface area contributed by atoms with Gasteiger partial charge in [0, 0.05) is 38.4 Å². The van der Waals surface area contributed by atoms with E-state index >= 15 is 0 Å². The number of rotatable bonds is 5. The lowest BCUT2D eigenvalue weighted by molar-refractivity contribution is -0.133. The van der Waals surface area contributed by atoms with Gasteiger partial charge < -0.3 is 20.3 Å². The molecule has 0 aromatic heterocycles. The van der Waals surface area contributed by atoms with E-state index in [-0.39, 0.29) is 17.9 Å². The summed E-state index contributed by atoms with van der Waals surface area (Å²) >= 11 is 0. The molecule has 30 heavy (non-hydrogen) atoms. The van der Waals surface area contributed by atoms with Crippen LogP contribution in [-0.4, -0.2) is 59.9 Å². The van der Waals surface area contributed by atoms with E-state index < -0.39 is 6.10 Å². The Balaban J connectivity index is 1.30. The van der Waals surface area contributed by atoms with E-state index in [4.69, 9.17) is 4.74 Å². The molecule has 1 fully saturated rings. The highest BCUT2D eigenvalue weighted by Gasteiger charge is 2.26. The standard InChI is InChI=1S/C23H28N4O3/c1-16(24-19-8-9-21-20(14-19)25-22(28)17(2)30-21)23(29)27-12-10-26(11-13-27)15-18-6-4-3-5-7-18/h3-9,14,16-17,24H,10-13,15H2,1-2H3,(H,25,28)/t16-,17-/m1/s1. The molecule has 0 aliphatic carbocycles. The van der Waals surface area contributed by atoms with Gasteiger partial charge in [0.15, 0.2) is 6.10 Å². The van der Waals surface area contributed by atoms with Gasteiger partial charge in [-0.05, 0) is 37.6 Å². The van der Waals surface area contributed by atoms with Crippen LogP contribution in [0.25, 0.3) is 0 Å². The molecule has 2 aliphatic rings. The summed E-state index contributed by atoms with van der Waals surface area (Å²) < 4.78 is 5.58. The molecule has 2 amide bonds. The van der Waals surface area contributed by atoms with Gasteiger partial charge in [-0.2, -0.15) is 0 Å². The first-order valence-corrected chi connectivity index (χ1v) is 10.4. The number of benzene rings is 2. The lowest BCUT2D eigenvalue weighted by Crippen LogP contribution is -2.51. The van der Waals surface area contributed by atoms with E-state index in [9.17, 15) is 9.59 Å². The number of ether oxygens (including phenoxy) is 1. The second-order valence-electron chi connectivity index (χ2n) is 7.91. The van der Waals surface area contributed by atoms with Gasteiger partial charge in [-0.1, -0.05) is 30.3 Å². The number of anilines is 2. The van der Waals surface area contributed by atoms with E-state index in [1.165, 1.54) is 5.56 Å². The number of amides is 2. The number of fused-ring (bicyclic) bond motifs is 1. The van der Waals surface area contributed by atoms with Gasteiger partial charge >= 0.3 is 0 Å². The Morgan fingerprint density at radius 1 is 1.17 bits per heavy atom. The second-order valence-corrected chi connectivity index (χ2v) is 7.91. The highest BCUT2D eigenvalue weighted by atomic mass is 16.5. The first-order valence-electron chi connectivity index (χ1n) is 10.4. The Morgan fingerprint density at radius 3 is 2.63 bits per heavy atom. The number of nitrogens with zero attached hydrogens (tertiary/aromatic N) is 2. The molecule has 7 nitrogen and oxygen atoms in total. The number of hydrogen-bond acceptors (Lipinski definition) is 5. The zero-order valence-corrected chi connectivity index (χ0v) is 17.4. The molecule has 0 spiro atoms. The summed E-state index contributed by atoms with van der Waals surface area (Å²) in [5.74, 6) is 0.555. The first-order chi connectivity index (χ1) is 14.5. The highest BCUT2D eigenvalue weighted by molar-refractivity contribution is 5.98. The number of carbonyl (C=O) groups excluding carboxylic acids is 2. The van der Waals surface area contributed by atoms with Gasteiger partial charge in [0.05, 0.1) is 5.69 Å². The molecule has 2 atom stereocenters. The molecular formula is C23H28N4O3. The number of nitrogens with one attached hydrogen (secondary N) is 2. The molecular weight excluding hydrogens is 380 g/mol. The Labute approximate surface area is 177 Å². The summed E-state index contributed by atoms with van der Waals surface area (Å²) in [6.07, 6.45) is -0.502. The maximum Gasteiger partial charge on any atom is 0.265 e. The Kier molecular flexibility index (Phi) is 5.90. The molecule has 1 saturated heterocycles. The van der Waals surface area contributed by atoms with Crippen molar-refractivity contribution in [2.24, 2.45) is 0 Å². The SMILES string of the molecule is C[C@@H](Nc1ccc2c(c1)NC(=O)[C@@H](C)O2)C(=O)N1CCN(Cc2ccccc2)CC1. The molecule has 2 aromatic rings. The summed E-state index contributed by atoms with van der Waals surface area (Å²) in [4.78, 5) is 29.0. The van der Waals surface area contributed by atoms with Crippen LogP contribution in [-0.2, 0) is 16.1 Å². The van der Waals surface area contributed by atoms with E-state index in [0.717, 1.165) is 38.4 Å². The quantitative estimate of drug-likeness (QED) is 0.796. The molecule has 158 valence electrons. The van der Waals surface area contributed by atoms with Crippen molar-refractivity contribution < 1.29 is 14.3 Å². The number of hydrogen-bond donors (Lipinski definition) is 2. The van der Waals surface area contributed by atoms with Crippen molar-refractivity contribution in [1.82, 2.24) is 9.80 Å². The summed E-state index contributed by atoms with van der Waals surface area (Å²) in [6.45, 7) is 7.69. The van der Waals surface area contributed by atoms with Crippen molar-refractivity contribution in [3.63, 3.8) is 0 Å². The minimum Gasteiger partial charge on any atom is -0.479 e. The highest BCUT2D eigenvalue weighted by Crippen LogP contribution is 2.32. The fourth-order valence-corrected chi connectivity index (χ4v) is 3.85. The molecule has 7 heteroatoms. The monoisotopic (exact) mass is 408 g/mol. The fourth-order valence-electron chi connectivity index (χ4n) is 3.85. The van der Waals surface area contributed by atoms with Crippen LogP contribution < -0.4 is 15.4 Å². The van der Waals surface area contributed by atoms with Gasteiger partial charge in [0.25, 0.3) is 5.91 Å². The third kappa shape index (κ3) is 4.57. The van der Waals surface area contributed by atoms with Gasteiger partial charge in [0.2, 0.25) is 5.91 Å². The predicted octanol–water partition coefficient (Wildman–Crippen LogP) is 2.55. The second kappa shape index (κ2) is 8.75. The average Bonchev–Trinajstić information content (AvgIpc) is 2.75. The van der Waals surface area contributed by atoms with Gasteiger partial charge in [-0.3, -0.25) is 14.5 Å². The summed E-state index contributed by atoms with van der Waals surface area (Å²) in [5.41, 5.74) is 2.69. The van der Waals surface area contributed by atoms with Crippen LogP contribution in [0, 0.1) is 0 Å².